The van der Waals surface area contributed by atoms with E-state index in [-0.39, 0.29) is 17.2 Å². The van der Waals surface area contributed by atoms with Crippen molar-refractivity contribution in [2.75, 3.05) is 31.1 Å². The molecular weight excluding hydrogens is 560 g/mol. The molecule has 6 rings (SSSR count). The number of aliphatic hydroxyl groups is 1. The molecular formula is C29H31BrN6O3. The van der Waals surface area contributed by atoms with E-state index in [2.05, 4.69) is 48.2 Å². The van der Waals surface area contributed by atoms with Crippen molar-refractivity contribution >= 4 is 44.1 Å². The van der Waals surface area contributed by atoms with Crippen molar-refractivity contribution < 1.29 is 9.90 Å². The molecule has 4 aromatic rings. The van der Waals surface area contributed by atoms with Crippen molar-refractivity contribution in [2.24, 2.45) is 0 Å². The third-order valence-corrected chi connectivity index (χ3v) is 8.30. The van der Waals surface area contributed by atoms with Gasteiger partial charge in [-0.05, 0) is 70.7 Å². The Morgan fingerprint density at radius 3 is 2.72 bits per heavy atom. The maximum Gasteiger partial charge on any atom is 0.267 e. The SMILES string of the molecule is O=C(N[C@H]1CCCC[C@@H]1O)c1cc(CN2CCN(c3ccc4cc(Br)ncc4n3)CC2)c2ccccn2c1=O. The van der Waals surface area contributed by atoms with Crippen LogP contribution in [-0.4, -0.2) is 68.6 Å². The third-order valence-electron chi connectivity index (χ3n) is 7.86. The lowest BCUT2D eigenvalue weighted by Gasteiger charge is -2.35. The van der Waals surface area contributed by atoms with Crippen LogP contribution in [-0.2, 0) is 6.54 Å². The van der Waals surface area contributed by atoms with Gasteiger partial charge >= 0.3 is 0 Å². The van der Waals surface area contributed by atoms with Gasteiger partial charge in [0.2, 0.25) is 0 Å². The number of carbonyl (C=O) groups excluding carboxylic acids is 1. The van der Waals surface area contributed by atoms with Crippen LogP contribution in [0.4, 0.5) is 5.82 Å². The zero-order chi connectivity index (χ0) is 26.9. The number of piperazine rings is 1. The number of fused-ring (bicyclic) bond motifs is 2. The molecule has 0 unspecified atom stereocenters. The van der Waals surface area contributed by atoms with Gasteiger partial charge in [-0.3, -0.25) is 18.9 Å². The molecule has 2 fully saturated rings. The summed E-state index contributed by atoms with van der Waals surface area (Å²) in [6.07, 6.45) is 6.22. The number of hydrogen-bond donors (Lipinski definition) is 2. The lowest BCUT2D eigenvalue weighted by Crippen LogP contribution is -2.47. The van der Waals surface area contributed by atoms with Gasteiger partial charge in [-0.15, -0.1) is 0 Å². The van der Waals surface area contributed by atoms with Crippen LogP contribution < -0.4 is 15.8 Å². The molecule has 2 atom stereocenters. The molecule has 0 bridgehead atoms. The van der Waals surface area contributed by atoms with Crippen LogP contribution in [0.5, 0.6) is 0 Å². The molecule has 1 saturated carbocycles. The molecule has 2 aliphatic rings. The van der Waals surface area contributed by atoms with Crippen LogP contribution in [0.2, 0.25) is 0 Å². The molecule has 5 heterocycles. The first-order chi connectivity index (χ1) is 19.0. The maximum atomic E-state index is 13.3. The monoisotopic (exact) mass is 590 g/mol. The van der Waals surface area contributed by atoms with Gasteiger partial charge in [0.05, 0.1) is 29.4 Å². The number of halogens is 1. The minimum Gasteiger partial charge on any atom is -0.391 e. The summed E-state index contributed by atoms with van der Waals surface area (Å²) in [6.45, 7) is 3.91. The Hall–Kier alpha value is -3.34. The predicted molar refractivity (Wildman–Crippen MR) is 154 cm³/mol. The fourth-order valence-corrected chi connectivity index (χ4v) is 6.03. The zero-order valence-electron chi connectivity index (χ0n) is 21.6. The van der Waals surface area contributed by atoms with E-state index in [0.29, 0.717) is 13.0 Å². The summed E-state index contributed by atoms with van der Waals surface area (Å²) in [5.41, 5.74) is 2.37. The van der Waals surface area contributed by atoms with Gasteiger partial charge < -0.3 is 15.3 Å². The molecule has 0 aromatic carbocycles. The van der Waals surface area contributed by atoms with Crippen LogP contribution in [0.25, 0.3) is 16.4 Å². The first kappa shape index (κ1) is 25.9. The highest BCUT2D eigenvalue weighted by Crippen LogP contribution is 2.23. The van der Waals surface area contributed by atoms with Gasteiger partial charge in [-0.2, -0.15) is 0 Å². The van der Waals surface area contributed by atoms with Gasteiger partial charge in [-0.1, -0.05) is 18.9 Å². The van der Waals surface area contributed by atoms with Crippen molar-refractivity contribution in [1.82, 2.24) is 24.6 Å². The maximum absolute atomic E-state index is 13.3. The molecule has 0 spiro atoms. The van der Waals surface area contributed by atoms with Crippen LogP contribution in [0.15, 0.2) is 64.3 Å². The quantitative estimate of drug-likeness (QED) is 0.343. The molecule has 202 valence electrons. The van der Waals surface area contributed by atoms with Crippen LogP contribution in [0, 0.1) is 0 Å². The molecule has 2 N–H and O–H groups in total. The van der Waals surface area contributed by atoms with E-state index < -0.39 is 12.0 Å². The van der Waals surface area contributed by atoms with Crippen molar-refractivity contribution in [2.45, 2.75) is 44.4 Å². The molecule has 1 aliphatic carbocycles. The number of nitrogens with zero attached hydrogens (tertiary/aromatic N) is 5. The van der Waals surface area contributed by atoms with Crippen molar-refractivity contribution in [3.05, 3.63) is 80.9 Å². The zero-order valence-corrected chi connectivity index (χ0v) is 23.2. The summed E-state index contributed by atoms with van der Waals surface area (Å²) in [6, 6.07) is 13.1. The highest BCUT2D eigenvalue weighted by Gasteiger charge is 2.27. The second kappa shape index (κ2) is 11.0. The molecule has 10 heteroatoms. The predicted octanol–water partition coefficient (Wildman–Crippen LogP) is 3.36. The first-order valence-electron chi connectivity index (χ1n) is 13.5. The van der Waals surface area contributed by atoms with Crippen molar-refractivity contribution in [3.8, 4) is 0 Å². The highest BCUT2D eigenvalue weighted by molar-refractivity contribution is 9.10. The Morgan fingerprint density at radius 1 is 1.08 bits per heavy atom. The summed E-state index contributed by atoms with van der Waals surface area (Å²) < 4.78 is 2.35. The molecule has 1 amide bonds. The molecule has 1 aliphatic heterocycles. The van der Waals surface area contributed by atoms with E-state index in [4.69, 9.17) is 4.98 Å². The Bertz CT molecular complexity index is 1580. The van der Waals surface area contributed by atoms with Crippen molar-refractivity contribution in [3.63, 3.8) is 0 Å². The fraction of sp³-hybridized carbons (Fsp3) is 0.379. The summed E-state index contributed by atoms with van der Waals surface area (Å²) >= 11 is 3.41. The summed E-state index contributed by atoms with van der Waals surface area (Å²) in [5.74, 6) is 0.519. The minimum atomic E-state index is -0.572. The number of carbonyl (C=O) groups is 1. The van der Waals surface area contributed by atoms with Crippen LogP contribution >= 0.6 is 15.9 Å². The Kier molecular flexibility index (Phi) is 7.33. The van der Waals surface area contributed by atoms with E-state index >= 15 is 0 Å². The second-order valence-electron chi connectivity index (χ2n) is 10.4. The molecule has 0 radical (unpaired) electrons. The number of amides is 1. The number of pyridine rings is 4. The lowest BCUT2D eigenvalue weighted by atomic mass is 9.92. The number of rotatable bonds is 5. The largest absolute Gasteiger partial charge is 0.391 e. The Balaban J connectivity index is 1.19. The van der Waals surface area contributed by atoms with Gasteiger partial charge in [0, 0.05) is 44.3 Å². The molecule has 9 nitrogen and oxygen atoms in total. The average Bonchev–Trinajstić information content (AvgIpc) is 2.96. The summed E-state index contributed by atoms with van der Waals surface area (Å²) in [5, 5.41) is 14.3. The summed E-state index contributed by atoms with van der Waals surface area (Å²) in [4.78, 5) is 40.2. The Morgan fingerprint density at radius 2 is 1.90 bits per heavy atom. The highest BCUT2D eigenvalue weighted by atomic mass is 79.9. The van der Waals surface area contributed by atoms with E-state index in [1.54, 1.807) is 28.9 Å². The Labute approximate surface area is 234 Å². The number of hydrogen-bond acceptors (Lipinski definition) is 7. The molecule has 1 saturated heterocycles. The normalized spacial score (nSPS) is 20.4. The van der Waals surface area contributed by atoms with Gasteiger partial charge in [0.25, 0.3) is 11.5 Å². The smallest absolute Gasteiger partial charge is 0.267 e. The van der Waals surface area contributed by atoms with Gasteiger partial charge in [-0.25, -0.2) is 9.97 Å². The molecule has 4 aromatic heterocycles. The average molecular weight is 592 g/mol. The van der Waals surface area contributed by atoms with E-state index in [1.807, 2.05) is 18.2 Å². The van der Waals surface area contributed by atoms with Gasteiger partial charge in [0.1, 0.15) is 16.0 Å². The second-order valence-corrected chi connectivity index (χ2v) is 11.2. The van der Waals surface area contributed by atoms with E-state index in [9.17, 15) is 14.7 Å². The fourth-order valence-electron chi connectivity index (χ4n) is 5.68. The van der Waals surface area contributed by atoms with Crippen molar-refractivity contribution in [1.29, 1.82) is 0 Å². The summed E-state index contributed by atoms with van der Waals surface area (Å²) in [7, 11) is 0. The van der Waals surface area contributed by atoms with Gasteiger partial charge in [0.15, 0.2) is 0 Å². The molecule has 39 heavy (non-hydrogen) atoms. The standard InChI is InChI=1S/C29H31BrN6O3/c30-26-16-19-8-9-27(32-23(19)17-31-26)35-13-11-34(12-14-35)18-20-15-21(29(39)36-10-4-3-6-24(20)36)28(38)33-22-5-1-2-7-25(22)37/h3-4,6,8-10,15-17,22,25,37H,1-2,5,7,11-14,18H2,(H,33,38)/t22-,25-/m0/s1. The number of aromatic nitrogens is 3. The van der Waals surface area contributed by atoms with Crippen LogP contribution in [0.3, 0.4) is 0 Å². The lowest BCUT2D eigenvalue weighted by molar-refractivity contribution is 0.0716. The number of aliphatic hydroxyl groups excluding tert-OH is 1. The van der Waals surface area contributed by atoms with E-state index in [1.165, 1.54) is 0 Å². The minimum absolute atomic E-state index is 0.116. The topological polar surface area (TPSA) is 103 Å². The van der Waals surface area contributed by atoms with E-state index in [0.717, 1.165) is 77.8 Å². The van der Waals surface area contributed by atoms with Crippen LogP contribution in [0.1, 0.15) is 41.6 Å². The first-order valence-corrected chi connectivity index (χ1v) is 14.3. The number of nitrogens with one attached hydrogen (secondary N) is 1. The number of anilines is 1. The third kappa shape index (κ3) is 5.41.